The molecule has 0 saturated carbocycles. The van der Waals surface area contributed by atoms with Gasteiger partial charge in [0.15, 0.2) is 0 Å². The lowest BCUT2D eigenvalue weighted by Crippen LogP contribution is -2.25. The van der Waals surface area contributed by atoms with Gasteiger partial charge in [-0.2, -0.15) is 0 Å². The van der Waals surface area contributed by atoms with Crippen LogP contribution in [0.3, 0.4) is 0 Å². The Morgan fingerprint density at radius 1 is 1.32 bits per heavy atom. The number of benzene rings is 1. The molecule has 22 heavy (non-hydrogen) atoms. The van der Waals surface area contributed by atoms with Crippen LogP contribution in [0.15, 0.2) is 41.0 Å². The van der Waals surface area contributed by atoms with Crippen LogP contribution in [0.1, 0.15) is 24.7 Å². The van der Waals surface area contributed by atoms with Gasteiger partial charge in [-0.1, -0.05) is 6.07 Å². The zero-order valence-corrected chi connectivity index (χ0v) is 12.5. The quantitative estimate of drug-likeness (QED) is 0.944. The summed E-state index contributed by atoms with van der Waals surface area (Å²) < 4.78 is 5.21. The molecule has 5 nitrogen and oxygen atoms in total. The number of hydrogen-bond donors (Lipinski definition) is 1. The predicted octanol–water partition coefficient (Wildman–Crippen LogP) is 2.76. The Hall–Kier alpha value is -2.56. The first-order valence-electron chi connectivity index (χ1n) is 7.37. The molecule has 1 aromatic heterocycles. The molecular weight excluding hydrogens is 280 g/mol. The van der Waals surface area contributed by atoms with E-state index < -0.39 is 0 Å². The lowest BCUT2D eigenvalue weighted by atomic mass is 10.1. The summed E-state index contributed by atoms with van der Waals surface area (Å²) >= 11 is 0. The normalized spacial score (nSPS) is 13.0. The van der Waals surface area contributed by atoms with E-state index in [0.29, 0.717) is 19.4 Å². The van der Waals surface area contributed by atoms with Gasteiger partial charge in [0.1, 0.15) is 5.76 Å². The summed E-state index contributed by atoms with van der Waals surface area (Å²) in [6.45, 7) is 2.27. The number of anilines is 2. The molecular formula is C17H18N2O3. The van der Waals surface area contributed by atoms with Crippen molar-refractivity contribution in [2.24, 2.45) is 0 Å². The number of fused-ring (bicyclic) bond motifs is 1. The average molecular weight is 298 g/mol. The molecule has 0 radical (unpaired) electrons. The van der Waals surface area contributed by atoms with Crippen molar-refractivity contribution in [3.8, 4) is 0 Å². The second-order valence-electron chi connectivity index (χ2n) is 5.39. The molecule has 0 aliphatic carbocycles. The second kappa shape index (κ2) is 6.05. The molecule has 3 rings (SSSR count). The number of aryl methyl sites for hydroxylation is 1. The van der Waals surface area contributed by atoms with Gasteiger partial charge in [0.2, 0.25) is 11.8 Å². The molecule has 1 N–H and O–H groups in total. The fraction of sp³-hybridized carbons (Fsp3) is 0.294. The fourth-order valence-electron chi connectivity index (χ4n) is 2.70. The summed E-state index contributed by atoms with van der Waals surface area (Å²) in [5.74, 6) is 0.760. The standard InChI is InChI=1S/C17H18N2O3/c1-12(20)19-9-8-13-4-5-14(11-16(13)19)18-17(21)7-6-15-3-2-10-22-15/h2-5,10-11H,6-9H2,1H3,(H,18,21). The van der Waals surface area contributed by atoms with Crippen molar-refractivity contribution in [3.63, 3.8) is 0 Å². The SMILES string of the molecule is CC(=O)N1CCc2ccc(NC(=O)CCc3ccco3)cc21. The molecule has 1 aromatic carbocycles. The van der Waals surface area contributed by atoms with E-state index in [1.807, 2.05) is 30.3 Å². The van der Waals surface area contributed by atoms with Crippen molar-refractivity contribution in [2.45, 2.75) is 26.2 Å². The monoisotopic (exact) mass is 298 g/mol. The number of carbonyl (C=O) groups is 2. The van der Waals surface area contributed by atoms with Crippen molar-refractivity contribution >= 4 is 23.2 Å². The van der Waals surface area contributed by atoms with E-state index in [4.69, 9.17) is 4.42 Å². The van der Waals surface area contributed by atoms with Gasteiger partial charge in [0.25, 0.3) is 0 Å². The highest BCUT2D eigenvalue weighted by molar-refractivity contribution is 5.96. The maximum Gasteiger partial charge on any atom is 0.224 e. The van der Waals surface area contributed by atoms with E-state index in [2.05, 4.69) is 5.32 Å². The third-order valence-corrected chi connectivity index (χ3v) is 3.82. The van der Waals surface area contributed by atoms with E-state index in [9.17, 15) is 9.59 Å². The largest absolute Gasteiger partial charge is 0.469 e. The number of rotatable bonds is 4. The van der Waals surface area contributed by atoms with Gasteiger partial charge < -0.3 is 14.6 Å². The molecule has 0 spiro atoms. The average Bonchev–Trinajstić information content (AvgIpc) is 3.14. The highest BCUT2D eigenvalue weighted by Gasteiger charge is 2.22. The minimum absolute atomic E-state index is 0.0278. The van der Waals surface area contributed by atoms with Crippen molar-refractivity contribution in [1.82, 2.24) is 0 Å². The molecule has 0 saturated heterocycles. The van der Waals surface area contributed by atoms with Crippen LogP contribution in [-0.2, 0) is 22.4 Å². The van der Waals surface area contributed by atoms with Crippen LogP contribution >= 0.6 is 0 Å². The Bertz CT molecular complexity index is 692. The third kappa shape index (κ3) is 3.03. The minimum Gasteiger partial charge on any atom is -0.469 e. The van der Waals surface area contributed by atoms with Crippen LogP contribution in [-0.4, -0.2) is 18.4 Å². The van der Waals surface area contributed by atoms with Crippen molar-refractivity contribution in [3.05, 3.63) is 47.9 Å². The van der Waals surface area contributed by atoms with Crippen molar-refractivity contribution in [2.75, 3.05) is 16.8 Å². The minimum atomic E-state index is -0.0660. The van der Waals surface area contributed by atoms with Gasteiger partial charge in [-0.3, -0.25) is 9.59 Å². The summed E-state index contributed by atoms with van der Waals surface area (Å²) in [7, 11) is 0. The van der Waals surface area contributed by atoms with E-state index in [0.717, 1.165) is 29.1 Å². The topological polar surface area (TPSA) is 62.6 Å². The highest BCUT2D eigenvalue weighted by Crippen LogP contribution is 2.30. The van der Waals surface area contributed by atoms with Crippen LogP contribution in [0.2, 0.25) is 0 Å². The summed E-state index contributed by atoms with van der Waals surface area (Å²) in [5.41, 5.74) is 2.76. The smallest absolute Gasteiger partial charge is 0.224 e. The maximum atomic E-state index is 12.0. The first-order valence-corrected chi connectivity index (χ1v) is 7.37. The lowest BCUT2D eigenvalue weighted by molar-refractivity contribution is -0.117. The summed E-state index contributed by atoms with van der Waals surface area (Å²) in [4.78, 5) is 25.3. The molecule has 1 aliphatic heterocycles. The zero-order chi connectivity index (χ0) is 15.5. The Kier molecular flexibility index (Phi) is 3.96. The van der Waals surface area contributed by atoms with Crippen LogP contribution < -0.4 is 10.2 Å². The van der Waals surface area contributed by atoms with Gasteiger partial charge in [0.05, 0.1) is 6.26 Å². The molecule has 2 aromatic rings. The fourth-order valence-corrected chi connectivity index (χ4v) is 2.70. The molecule has 0 fully saturated rings. The molecule has 0 atom stereocenters. The Balaban J connectivity index is 1.64. The number of furan rings is 1. The Labute approximate surface area is 128 Å². The van der Waals surface area contributed by atoms with Crippen LogP contribution in [0.5, 0.6) is 0 Å². The summed E-state index contributed by atoms with van der Waals surface area (Å²) in [6, 6.07) is 9.39. The van der Waals surface area contributed by atoms with Gasteiger partial charge in [0, 0.05) is 37.7 Å². The first kappa shape index (κ1) is 14.4. The number of amides is 2. The molecule has 1 aliphatic rings. The molecule has 114 valence electrons. The van der Waals surface area contributed by atoms with Gasteiger partial charge in [-0.05, 0) is 36.2 Å². The molecule has 2 heterocycles. The van der Waals surface area contributed by atoms with Crippen LogP contribution in [0, 0.1) is 0 Å². The predicted molar refractivity (Wildman–Crippen MR) is 83.8 cm³/mol. The Morgan fingerprint density at radius 3 is 2.91 bits per heavy atom. The first-order chi connectivity index (χ1) is 10.6. The number of nitrogens with zero attached hydrogens (tertiary/aromatic N) is 1. The van der Waals surface area contributed by atoms with E-state index >= 15 is 0 Å². The number of hydrogen-bond acceptors (Lipinski definition) is 3. The van der Waals surface area contributed by atoms with Gasteiger partial charge in [-0.15, -0.1) is 0 Å². The summed E-state index contributed by atoms with van der Waals surface area (Å²) in [6.07, 6.45) is 3.40. The third-order valence-electron chi connectivity index (χ3n) is 3.82. The van der Waals surface area contributed by atoms with Gasteiger partial charge in [-0.25, -0.2) is 0 Å². The number of nitrogens with one attached hydrogen (secondary N) is 1. The van der Waals surface area contributed by atoms with Crippen molar-refractivity contribution in [1.29, 1.82) is 0 Å². The van der Waals surface area contributed by atoms with E-state index in [-0.39, 0.29) is 11.8 Å². The highest BCUT2D eigenvalue weighted by atomic mass is 16.3. The van der Waals surface area contributed by atoms with Crippen LogP contribution in [0.4, 0.5) is 11.4 Å². The molecule has 2 amide bonds. The van der Waals surface area contributed by atoms with E-state index in [1.54, 1.807) is 18.1 Å². The second-order valence-corrected chi connectivity index (χ2v) is 5.39. The zero-order valence-electron chi connectivity index (χ0n) is 12.5. The maximum absolute atomic E-state index is 12.0. The van der Waals surface area contributed by atoms with Gasteiger partial charge >= 0.3 is 0 Å². The van der Waals surface area contributed by atoms with Crippen LogP contribution in [0.25, 0.3) is 0 Å². The Morgan fingerprint density at radius 2 is 2.18 bits per heavy atom. The van der Waals surface area contributed by atoms with E-state index in [1.165, 1.54) is 0 Å². The lowest BCUT2D eigenvalue weighted by Gasteiger charge is -2.15. The molecule has 0 bridgehead atoms. The van der Waals surface area contributed by atoms with Crippen molar-refractivity contribution < 1.29 is 14.0 Å². The molecule has 0 unspecified atom stereocenters. The number of carbonyl (C=O) groups excluding carboxylic acids is 2. The molecule has 5 heteroatoms. The summed E-state index contributed by atoms with van der Waals surface area (Å²) in [5, 5.41) is 2.87.